The largest absolute Gasteiger partial charge is 0.494 e. The minimum atomic E-state index is -3.42. The molecule has 20 heavy (non-hydrogen) atoms. The van der Waals surface area contributed by atoms with Gasteiger partial charge < -0.3 is 4.74 Å². The summed E-state index contributed by atoms with van der Waals surface area (Å²) in [7, 11) is -3.42. The third-order valence-corrected chi connectivity index (χ3v) is 5.20. The van der Waals surface area contributed by atoms with Crippen molar-refractivity contribution < 1.29 is 13.2 Å². The molecule has 5 heteroatoms. The molecular formula is C15H23NO3S. The minimum absolute atomic E-state index is 0.0839. The normalized spacial score (nSPS) is 17.1. The van der Waals surface area contributed by atoms with Crippen LogP contribution in [-0.2, 0) is 10.0 Å². The van der Waals surface area contributed by atoms with E-state index < -0.39 is 10.0 Å². The van der Waals surface area contributed by atoms with Gasteiger partial charge in [0, 0.05) is 6.04 Å². The summed E-state index contributed by atoms with van der Waals surface area (Å²) < 4.78 is 33.0. The van der Waals surface area contributed by atoms with E-state index in [9.17, 15) is 8.42 Å². The lowest BCUT2D eigenvalue weighted by molar-refractivity contribution is 0.337. The lowest BCUT2D eigenvalue weighted by Crippen LogP contribution is -2.36. The van der Waals surface area contributed by atoms with Crippen LogP contribution in [0.2, 0.25) is 0 Å². The highest BCUT2D eigenvalue weighted by Crippen LogP contribution is 2.24. The molecule has 1 fully saturated rings. The number of hydrogen-bond acceptors (Lipinski definition) is 3. The molecule has 4 nitrogen and oxygen atoms in total. The van der Waals surface area contributed by atoms with Crippen LogP contribution in [0.15, 0.2) is 23.1 Å². The van der Waals surface area contributed by atoms with Crippen LogP contribution in [0.1, 0.15) is 44.6 Å². The SMILES string of the molecule is CCOc1ccc(S(=O)(=O)NC2CCCCC2)cc1C. The molecule has 112 valence electrons. The van der Waals surface area contributed by atoms with E-state index in [0.29, 0.717) is 11.5 Å². The molecule has 0 amide bonds. The van der Waals surface area contributed by atoms with Crippen molar-refractivity contribution in [1.82, 2.24) is 4.72 Å². The van der Waals surface area contributed by atoms with Gasteiger partial charge in [0.15, 0.2) is 0 Å². The Bertz CT molecular complexity index is 548. The maximum absolute atomic E-state index is 12.4. The topological polar surface area (TPSA) is 55.4 Å². The average molecular weight is 297 g/mol. The summed E-state index contributed by atoms with van der Waals surface area (Å²) >= 11 is 0. The molecular weight excluding hydrogens is 274 g/mol. The number of benzene rings is 1. The second-order valence-electron chi connectivity index (χ2n) is 5.32. The Kier molecular flexibility index (Phi) is 5.05. The van der Waals surface area contributed by atoms with Gasteiger partial charge in [-0.25, -0.2) is 13.1 Å². The van der Waals surface area contributed by atoms with Crippen LogP contribution < -0.4 is 9.46 Å². The summed E-state index contributed by atoms with van der Waals surface area (Å²) in [4.78, 5) is 0.323. The molecule has 0 unspecified atom stereocenters. The van der Waals surface area contributed by atoms with Gasteiger partial charge in [-0.2, -0.15) is 0 Å². The Balaban J connectivity index is 2.14. The van der Waals surface area contributed by atoms with Gasteiger partial charge >= 0.3 is 0 Å². The standard InChI is InChI=1S/C15H23NO3S/c1-3-19-15-10-9-14(11-12(15)2)20(17,18)16-13-7-5-4-6-8-13/h9-11,13,16H,3-8H2,1-2H3. The fourth-order valence-electron chi connectivity index (χ4n) is 2.61. The summed E-state index contributed by atoms with van der Waals surface area (Å²) in [5, 5.41) is 0. The first-order chi connectivity index (χ1) is 9.53. The Morgan fingerprint density at radius 3 is 2.55 bits per heavy atom. The van der Waals surface area contributed by atoms with Gasteiger partial charge in [0.1, 0.15) is 5.75 Å². The van der Waals surface area contributed by atoms with Crippen molar-refractivity contribution >= 4 is 10.0 Å². The van der Waals surface area contributed by atoms with E-state index in [1.165, 1.54) is 6.42 Å². The van der Waals surface area contributed by atoms with E-state index in [1.807, 2.05) is 13.8 Å². The van der Waals surface area contributed by atoms with Gasteiger partial charge in [-0.15, -0.1) is 0 Å². The van der Waals surface area contributed by atoms with Crippen LogP contribution in [0.3, 0.4) is 0 Å². The van der Waals surface area contributed by atoms with E-state index in [2.05, 4.69) is 4.72 Å². The third kappa shape index (κ3) is 3.73. The van der Waals surface area contributed by atoms with Gasteiger partial charge in [0.2, 0.25) is 10.0 Å². The van der Waals surface area contributed by atoms with E-state index in [-0.39, 0.29) is 6.04 Å². The molecule has 1 aromatic carbocycles. The lowest BCUT2D eigenvalue weighted by Gasteiger charge is -2.22. The fraction of sp³-hybridized carbons (Fsp3) is 0.600. The molecule has 1 N–H and O–H groups in total. The lowest BCUT2D eigenvalue weighted by atomic mass is 9.96. The molecule has 0 radical (unpaired) electrons. The number of rotatable bonds is 5. The van der Waals surface area contributed by atoms with Gasteiger partial charge in [-0.3, -0.25) is 0 Å². The highest BCUT2D eigenvalue weighted by molar-refractivity contribution is 7.89. The smallest absolute Gasteiger partial charge is 0.240 e. The van der Waals surface area contributed by atoms with Crippen LogP contribution in [-0.4, -0.2) is 21.1 Å². The summed E-state index contributed by atoms with van der Waals surface area (Å²) in [5.41, 5.74) is 0.846. The first-order valence-electron chi connectivity index (χ1n) is 7.28. The quantitative estimate of drug-likeness (QED) is 0.909. The van der Waals surface area contributed by atoms with Crippen LogP contribution in [0.5, 0.6) is 5.75 Å². The van der Waals surface area contributed by atoms with Crippen molar-refractivity contribution in [3.05, 3.63) is 23.8 Å². The van der Waals surface area contributed by atoms with Crippen LogP contribution >= 0.6 is 0 Å². The zero-order valence-corrected chi connectivity index (χ0v) is 13.0. The number of sulfonamides is 1. The molecule has 0 aliphatic heterocycles. The average Bonchev–Trinajstić information content (AvgIpc) is 2.42. The summed E-state index contributed by atoms with van der Waals surface area (Å²) in [6, 6.07) is 5.11. The molecule has 0 bridgehead atoms. The Hall–Kier alpha value is -1.07. The van der Waals surface area contributed by atoms with Gasteiger partial charge in [0.05, 0.1) is 11.5 Å². The van der Waals surface area contributed by atoms with E-state index in [4.69, 9.17) is 4.74 Å². The Labute approximate surface area is 121 Å². The van der Waals surface area contributed by atoms with Crippen LogP contribution in [0.4, 0.5) is 0 Å². The van der Waals surface area contributed by atoms with Crippen molar-refractivity contribution in [1.29, 1.82) is 0 Å². The molecule has 1 saturated carbocycles. The maximum atomic E-state index is 12.4. The molecule has 1 aliphatic rings. The van der Waals surface area contributed by atoms with Crippen molar-refractivity contribution in [2.24, 2.45) is 0 Å². The van der Waals surface area contributed by atoms with E-state index in [0.717, 1.165) is 37.0 Å². The number of ether oxygens (including phenoxy) is 1. The Morgan fingerprint density at radius 1 is 1.25 bits per heavy atom. The molecule has 0 saturated heterocycles. The molecule has 0 spiro atoms. The molecule has 2 rings (SSSR count). The zero-order chi connectivity index (χ0) is 14.6. The zero-order valence-electron chi connectivity index (χ0n) is 12.2. The second-order valence-corrected chi connectivity index (χ2v) is 7.03. The molecule has 0 heterocycles. The Morgan fingerprint density at radius 2 is 1.95 bits per heavy atom. The van der Waals surface area contributed by atoms with Crippen molar-refractivity contribution in [3.63, 3.8) is 0 Å². The van der Waals surface area contributed by atoms with Gasteiger partial charge in [-0.1, -0.05) is 19.3 Å². The predicted molar refractivity (Wildman–Crippen MR) is 79.5 cm³/mol. The molecule has 0 atom stereocenters. The minimum Gasteiger partial charge on any atom is -0.494 e. The molecule has 1 aliphatic carbocycles. The van der Waals surface area contributed by atoms with Crippen LogP contribution in [0, 0.1) is 6.92 Å². The highest BCUT2D eigenvalue weighted by Gasteiger charge is 2.22. The third-order valence-electron chi connectivity index (χ3n) is 3.68. The summed E-state index contributed by atoms with van der Waals surface area (Å²) in [6.07, 6.45) is 5.30. The number of nitrogens with one attached hydrogen (secondary N) is 1. The highest BCUT2D eigenvalue weighted by atomic mass is 32.2. The van der Waals surface area contributed by atoms with Gasteiger partial charge in [-0.05, 0) is 50.5 Å². The van der Waals surface area contributed by atoms with Crippen molar-refractivity contribution in [2.45, 2.75) is 56.9 Å². The predicted octanol–water partition coefficient (Wildman–Crippen LogP) is 3.00. The molecule has 0 aromatic heterocycles. The van der Waals surface area contributed by atoms with Crippen molar-refractivity contribution in [2.75, 3.05) is 6.61 Å². The van der Waals surface area contributed by atoms with Gasteiger partial charge in [0.25, 0.3) is 0 Å². The fourth-order valence-corrected chi connectivity index (χ4v) is 4.00. The van der Waals surface area contributed by atoms with Crippen molar-refractivity contribution in [3.8, 4) is 5.75 Å². The molecule has 1 aromatic rings. The van der Waals surface area contributed by atoms with E-state index in [1.54, 1.807) is 18.2 Å². The van der Waals surface area contributed by atoms with Crippen LogP contribution in [0.25, 0.3) is 0 Å². The summed E-state index contributed by atoms with van der Waals surface area (Å²) in [6.45, 7) is 4.35. The maximum Gasteiger partial charge on any atom is 0.240 e. The second kappa shape index (κ2) is 6.59. The van der Waals surface area contributed by atoms with E-state index >= 15 is 0 Å². The number of aryl methyl sites for hydroxylation is 1. The monoisotopic (exact) mass is 297 g/mol. The first-order valence-corrected chi connectivity index (χ1v) is 8.77. The number of hydrogen-bond donors (Lipinski definition) is 1. The summed E-state index contributed by atoms with van der Waals surface area (Å²) in [5.74, 6) is 0.740. The first kappa shape index (κ1) is 15.3.